The second kappa shape index (κ2) is 2.57. The van der Waals surface area contributed by atoms with Gasteiger partial charge in [0.25, 0.3) is 0 Å². The van der Waals surface area contributed by atoms with Gasteiger partial charge in [-0.15, -0.1) is 0 Å². The first kappa shape index (κ1) is 7.77. The predicted octanol–water partition coefficient (Wildman–Crippen LogP) is 1.08. The van der Waals surface area contributed by atoms with Gasteiger partial charge in [0.1, 0.15) is 5.78 Å². The van der Waals surface area contributed by atoms with Crippen molar-refractivity contribution in [3.63, 3.8) is 0 Å². The van der Waals surface area contributed by atoms with Gasteiger partial charge in [-0.25, -0.2) is 0 Å². The lowest BCUT2D eigenvalue weighted by molar-refractivity contribution is -0.146. The highest BCUT2D eigenvalue weighted by atomic mass is 16.4. The van der Waals surface area contributed by atoms with Crippen molar-refractivity contribution in [2.45, 2.75) is 25.7 Å². The molecular weight excluding hydrogens is 156 g/mol. The van der Waals surface area contributed by atoms with Crippen LogP contribution in [0.3, 0.4) is 0 Å². The van der Waals surface area contributed by atoms with Crippen molar-refractivity contribution in [2.24, 2.45) is 17.8 Å². The lowest BCUT2D eigenvalue weighted by Gasteiger charge is -2.25. The number of hydrogen-bond donors (Lipinski definition) is 1. The van der Waals surface area contributed by atoms with Crippen LogP contribution in [-0.4, -0.2) is 16.9 Å². The molecule has 2 fully saturated rings. The fourth-order valence-corrected chi connectivity index (χ4v) is 2.70. The first-order valence-corrected chi connectivity index (χ1v) is 4.43. The number of carboxylic acids is 1. The molecule has 0 aliphatic heterocycles. The smallest absolute Gasteiger partial charge is 0.307 e. The van der Waals surface area contributed by atoms with Crippen LogP contribution in [0, 0.1) is 17.8 Å². The Labute approximate surface area is 70.8 Å². The van der Waals surface area contributed by atoms with Crippen LogP contribution in [0.1, 0.15) is 25.7 Å². The molecule has 12 heavy (non-hydrogen) atoms. The van der Waals surface area contributed by atoms with Crippen LogP contribution in [-0.2, 0) is 9.59 Å². The first-order valence-electron chi connectivity index (χ1n) is 4.43. The lowest BCUT2D eigenvalue weighted by Crippen LogP contribution is -2.31. The summed E-state index contributed by atoms with van der Waals surface area (Å²) in [6.45, 7) is 0. The molecule has 2 aliphatic carbocycles. The number of rotatable bonds is 1. The van der Waals surface area contributed by atoms with Gasteiger partial charge in [0, 0.05) is 12.8 Å². The summed E-state index contributed by atoms with van der Waals surface area (Å²) in [6, 6.07) is 0. The molecule has 2 rings (SSSR count). The first-order chi connectivity index (χ1) is 5.68. The molecule has 0 aromatic carbocycles. The zero-order chi connectivity index (χ0) is 8.72. The van der Waals surface area contributed by atoms with E-state index in [0.717, 1.165) is 12.8 Å². The van der Waals surface area contributed by atoms with E-state index in [4.69, 9.17) is 5.11 Å². The second-order valence-corrected chi connectivity index (χ2v) is 3.91. The summed E-state index contributed by atoms with van der Waals surface area (Å²) >= 11 is 0. The van der Waals surface area contributed by atoms with E-state index >= 15 is 0 Å². The highest BCUT2D eigenvalue weighted by Crippen LogP contribution is 2.45. The van der Waals surface area contributed by atoms with Crippen molar-refractivity contribution in [2.75, 3.05) is 0 Å². The topological polar surface area (TPSA) is 54.4 Å². The number of Topliss-reactive ketones (excluding diaryl/α,β-unsaturated/α-hetero) is 1. The minimum atomic E-state index is -0.699. The van der Waals surface area contributed by atoms with Gasteiger partial charge in [-0.1, -0.05) is 0 Å². The Bertz CT molecular complexity index is 218. The predicted molar refractivity (Wildman–Crippen MR) is 41.6 cm³/mol. The molecule has 66 valence electrons. The summed E-state index contributed by atoms with van der Waals surface area (Å²) < 4.78 is 0. The van der Waals surface area contributed by atoms with E-state index in [2.05, 4.69) is 0 Å². The molecule has 0 heterocycles. The van der Waals surface area contributed by atoms with E-state index in [-0.39, 0.29) is 23.5 Å². The zero-order valence-electron chi connectivity index (χ0n) is 6.82. The van der Waals surface area contributed by atoms with Gasteiger partial charge in [0.2, 0.25) is 0 Å². The Kier molecular flexibility index (Phi) is 1.67. The summed E-state index contributed by atoms with van der Waals surface area (Å²) in [5, 5.41) is 8.89. The molecule has 0 radical (unpaired) electrons. The molecule has 2 unspecified atom stereocenters. The van der Waals surface area contributed by atoms with Gasteiger partial charge in [-0.3, -0.25) is 9.59 Å². The number of carbonyl (C=O) groups is 2. The van der Waals surface area contributed by atoms with Gasteiger partial charge in [0.05, 0.1) is 5.92 Å². The second-order valence-electron chi connectivity index (χ2n) is 3.91. The normalized spacial score (nSPS) is 40.0. The minimum Gasteiger partial charge on any atom is -0.481 e. The molecule has 0 amide bonds. The maximum atomic E-state index is 11.1. The third-order valence-corrected chi connectivity index (χ3v) is 3.19. The van der Waals surface area contributed by atoms with Crippen molar-refractivity contribution >= 4 is 11.8 Å². The number of carbonyl (C=O) groups excluding carboxylic acids is 1. The maximum absolute atomic E-state index is 11.1. The molecule has 3 nitrogen and oxygen atoms in total. The fraction of sp³-hybridized carbons (Fsp3) is 0.778. The van der Waals surface area contributed by atoms with Crippen LogP contribution < -0.4 is 0 Å². The summed E-state index contributed by atoms with van der Waals surface area (Å²) in [7, 11) is 0. The highest BCUT2D eigenvalue weighted by Gasteiger charge is 2.45. The summed E-state index contributed by atoms with van der Waals surface area (Å²) in [5.41, 5.74) is 0. The third-order valence-electron chi connectivity index (χ3n) is 3.19. The molecule has 2 bridgehead atoms. The van der Waals surface area contributed by atoms with Crippen molar-refractivity contribution in [3.8, 4) is 0 Å². The standard InChI is InChI=1S/C9H12O3/c10-7-3-5-1-2-6(4-7)8(5)9(11)12/h5-6,8H,1-4H2,(H,11,12). The van der Waals surface area contributed by atoms with Gasteiger partial charge >= 0.3 is 5.97 Å². The monoisotopic (exact) mass is 168 g/mol. The molecule has 0 spiro atoms. The van der Waals surface area contributed by atoms with E-state index in [1.807, 2.05) is 0 Å². The van der Waals surface area contributed by atoms with E-state index in [0.29, 0.717) is 12.8 Å². The van der Waals surface area contributed by atoms with E-state index in [1.54, 1.807) is 0 Å². The number of fused-ring (bicyclic) bond motifs is 2. The van der Waals surface area contributed by atoms with Crippen LogP contribution in [0.5, 0.6) is 0 Å². The summed E-state index contributed by atoms with van der Waals surface area (Å²) in [6.07, 6.45) is 2.89. The molecular formula is C9H12O3. The van der Waals surface area contributed by atoms with Gasteiger partial charge in [-0.05, 0) is 24.7 Å². The van der Waals surface area contributed by atoms with Crippen molar-refractivity contribution in [1.82, 2.24) is 0 Å². The van der Waals surface area contributed by atoms with Crippen LogP contribution in [0.25, 0.3) is 0 Å². The molecule has 0 aromatic heterocycles. The molecule has 2 aliphatic rings. The average Bonchev–Trinajstić information content (AvgIpc) is 2.24. The van der Waals surface area contributed by atoms with Gasteiger partial charge < -0.3 is 5.11 Å². The van der Waals surface area contributed by atoms with Crippen LogP contribution in [0.2, 0.25) is 0 Å². The Morgan fingerprint density at radius 1 is 1.25 bits per heavy atom. The quantitative estimate of drug-likeness (QED) is 0.637. The van der Waals surface area contributed by atoms with Gasteiger partial charge in [-0.2, -0.15) is 0 Å². The zero-order valence-corrected chi connectivity index (χ0v) is 6.82. The molecule has 1 N–H and O–H groups in total. The van der Waals surface area contributed by atoms with E-state index in [1.165, 1.54) is 0 Å². The Hall–Kier alpha value is -0.860. The van der Waals surface area contributed by atoms with E-state index < -0.39 is 5.97 Å². The third kappa shape index (κ3) is 1.04. The van der Waals surface area contributed by atoms with Gasteiger partial charge in [0.15, 0.2) is 0 Å². The SMILES string of the molecule is O=C1CC2CCC(C1)C2C(=O)O. The number of aliphatic carboxylic acids is 1. The summed E-state index contributed by atoms with van der Waals surface area (Å²) in [4.78, 5) is 21.9. The maximum Gasteiger partial charge on any atom is 0.307 e. The number of ketones is 1. The molecule has 3 heteroatoms. The minimum absolute atomic E-state index is 0.147. The van der Waals surface area contributed by atoms with Crippen molar-refractivity contribution in [1.29, 1.82) is 0 Å². The molecule has 2 saturated carbocycles. The largest absolute Gasteiger partial charge is 0.481 e. The van der Waals surface area contributed by atoms with Crippen LogP contribution in [0.4, 0.5) is 0 Å². The van der Waals surface area contributed by atoms with E-state index in [9.17, 15) is 9.59 Å². The Balaban J connectivity index is 2.19. The number of carboxylic acid groups (broad SMARTS) is 1. The van der Waals surface area contributed by atoms with Crippen molar-refractivity contribution < 1.29 is 14.7 Å². The van der Waals surface area contributed by atoms with Crippen LogP contribution >= 0.6 is 0 Å². The molecule has 0 saturated heterocycles. The Morgan fingerprint density at radius 2 is 1.75 bits per heavy atom. The molecule has 0 aromatic rings. The van der Waals surface area contributed by atoms with Crippen LogP contribution in [0.15, 0.2) is 0 Å². The average molecular weight is 168 g/mol. The number of hydrogen-bond acceptors (Lipinski definition) is 2. The highest BCUT2D eigenvalue weighted by molar-refractivity contribution is 5.83. The summed E-state index contributed by atoms with van der Waals surface area (Å²) in [5.74, 6) is -0.361. The lowest BCUT2D eigenvalue weighted by atomic mass is 9.78. The Morgan fingerprint density at radius 3 is 2.17 bits per heavy atom. The molecule has 2 atom stereocenters. The van der Waals surface area contributed by atoms with Crippen molar-refractivity contribution in [3.05, 3.63) is 0 Å². The fourth-order valence-electron chi connectivity index (χ4n) is 2.70.